The molecule has 0 aliphatic heterocycles. The molecule has 1 atom stereocenters. The number of nitrogens with zero attached hydrogens (tertiary/aromatic N) is 1. The van der Waals surface area contributed by atoms with Gasteiger partial charge in [-0.2, -0.15) is 5.10 Å². The number of benzene rings is 1. The molecule has 1 aliphatic rings. The molecule has 0 aromatic heterocycles. The fourth-order valence-corrected chi connectivity index (χ4v) is 4.24. The summed E-state index contributed by atoms with van der Waals surface area (Å²) in [6.45, 7) is 4.38. The first-order valence-electron chi connectivity index (χ1n) is 7.52. The van der Waals surface area contributed by atoms with Crippen molar-refractivity contribution in [3.63, 3.8) is 0 Å². The van der Waals surface area contributed by atoms with Crippen LogP contribution in [0, 0.1) is 12.8 Å². The fraction of sp³-hybridized carbons (Fsp3) is 0.500. The zero-order valence-electron chi connectivity index (χ0n) is 12.9. The summed E-state index contributed by atoms with van der Waals surface area (Å²) in [4.78, 5) is 11.9. The second-order valence-electron chi connectivity index (χ2n) is 5.74. The van der Waals surface area contributed by atoms with Crippen molar-refractivity contribution in [2.75, 3.05) is 11.9 Å². The summed E-state index contributed by atoms with van der Waals surface area (Å²) < 4.78 is 1.86. The number of nitrogens with one attached hydrogen (secondary N) is 2. The van der Waals surface area contributed by atoms with Gasteiger partial charge in [0.25, 0.3) is 5.91 Å². The molecule has 0 heterocycles. The molecule has 1 unspecified atom stereocenters. The summed E-state index contributed by atoms with van der Waals surface area (Å²) in [6.07, 6.45) is 4.58. The molecule has 0 radical (unpaired) electrons. The Bertz CT molecular complexity index is 564. The third-order valence-electron chi connectivity index (χ3n) is 3.83. The molecule has 0 saturated heterocycles. The number of anilines is 1. The van der Waals surface area contributed by atoms with Gasteiger partial charge < -0.3 is 5.32 Å². The molecule has 1 amide bonds. The Kier molecular flexibility index (Phi) is 6.44. The Morgan fingerprint density at radius 2 is 2.00 bits per heavy atom. The predicted octanol–water partition coefficient (Wildman–Crippen LogP) is 4.61. The third kappa shape index (κ3) is 4.81. The maximum Gasteiger partial charge on any atom is 0.259 e. The summed E-state index contributed by atoms with van der Waals surface area (Å²) in [5.41, 5.74) is 5.79. The number of carbonyl (C=O) groups excluding carboxylic acids is 1. The molecule has 4 nitrogen and oxygen atoms in total. The minimum absolute atomic E-state index is 0.135. The van der Waals surface area contributed by atoms with E-state index < -0.39 is 0 Å². The van der Waals surface area contributed by atoms with E-state index in [0.29, 0.717) is 5.92 Å². The fourth-order valence-electron chi connectivity index (χ4n) is 2.55. The van der Waals surface area contributed by atoms with Crippen LogP contribution in [0.15, 0.2) is 26.2 Å². The molecule has 22 heavy (non-hydrogen) atoms. The molecule has 2 N–H and O–H groups in total. The summed E-state index contributed by atoms with van der Waals surface area (Å²) in [5, 5.41) is 7.42. The maximum atomic E-state index is 11.9. The largest absolute Gasteiger partial charge is 0.374 e. The molecule has 0 bridgehead atoms. The van der Waals surface area contributed by atoms with Gasteiger partial charge in [0.15, 0.2) is 0 Å². The first-order valence-corrected chi connectivity index (χ1v) is 9.10. The molecular formula is C16H21Br2N3O. The van der Waals surface area contributed by atoms with E-state index in [0.717, 1.165) is 38.7 Å². The van der Waals surface area contributed by atoms with Gasteiger partial charge in [0.2, 0.25) is 0 Å². The van der Waals surface area contributed by atoms with Crippen molar-refractivity contribution < 1.29 is 4.79 Å². The summed E-state index contributed by atoms with van der Waals surface area (Å²) in [6, 6.07) is 4.02. The third-order valence-corrected chi connectivity index (χ3v) is 5.08. The second-order valence-corrected chi connectivity index (χ2v) is 7.45. The SMILES string of the molecule is Cc1cc(Br)c(NCC(=O)N/N=C2\CCCCC2C)c(Br)c1. The molecule has 1 aliphatic carbocycles. The van der Waals surface area contributed by atoms with Gasteiger partial charge in [-0.1, -0.05) is 13.3 Å². The molecule has 1 fully saturated rings. The average Bonchev–Trinajstić information content (AvgIpc) is 2.45. The molecule has 1 aromatic rings. The molecule has 6 heteroatoms. The van der Waals surface area contributed by atoms with Crippen molar-refractivity contribution >= 4 is 49.2 Å². The van der Waals surface area contributed by atoms with E-state index in [9.17, 15) is 4.79 Å². The topological polar surface area (TPSA) is 53.5 Å². The predicted molar refractivity (Wildman–Crippen MR) is 98.3 cm³/mol. The lowest BCUT2D eigenvalue weighted by atomic mass is 9.89. The highest BCUT2D eigenvalue weighted by molar-refractivity contribution is 9.11. The van der Waals surface area contributed by atoms with E-state index in [2.05, 4.69) is 54.6 Å². The van der Waals surface area contributed by atoms with Crippen LogP contribution in [-0.2, 0) is 4.79 Å². The first kappa shape index (κ1) is 17.5. The van der Waals surface area contributed by atoms with Crippen LogP contribution in [0.3, 0.4) is 0 Å². The molecule has 0 spiro atoms. The Morgan fingerprint density at radius 3 is 2.64 bits per heavy atom. The Hall–Kier alpha value is -0.880. The van der Waals surface area contributed by atoms with Gasteiger partial charge in [-0.3, -0.25) is 4.79 Å². The molecular weight excluding hydrogens is 410 g/mol. The monoisotopic (exact) mass is 429 g/mol. The number of carbonyl (C=O) groups is 1. The van der Waals surface area contributed by atoms with Crippen LogP contribution in [0.25, 0.3) is 0 Å². The lowest BCUT2D eigenvalue weighted by molar-refractivity contribution is -0.119. The minimum atomic E-state index is -0.135. The highest BCUT2D eigenvalue weighted by atomic mass is 79.9. The summed E-state index contributed by atoms with van der Waals surface area (Å²) >= 11 is 7.01. The van der Waals surface area contributed by atoms with Crippen molar-refractivity contribution in [2.45, 2.75) is 39.5 Å². The Morgan fingerprint density at radius 1 is 1.32 bits per heavy atom. The number of amides is 1. The average molecular weight is 431 g/mol. The molecule has 2 rings (SSSR count). The number of rotatable bonds is 4. The zero-order valence-corrected chi connectivity index (χ0v) is 16.1. The van der Waals surface area contributed by atoms with Gasteiger partial charge >= 0.3 is 0 Å². The van der Waals surface area contributed by atoms with Crippen LogP contribution >= 0.6 is 31.9 Å². The van der Waals surface area contributed by atoms with Crippen LogP contribution in [0.2, 0.25) is 0 Å². The van der Waals surface area contributed by atoms with E-state index in [1.54, 1.807) is 0 Å². The lowest BCUT2D eigenvalue weighted by Crippen LogP contribution is -2.29. The van der Waals surface area contributed by atoms with Crippen molar-refractivity contribution in [1.82, 2.24) is 5.43 Å². The van der Waals surface area contributed by atoms with E-state index in [1.165, 1.54) is 12.8 Å². The van der Waals surface area contributed by atoms with E-state index in [1.807, 2.05) is 19.1 Å². The number of aryl methyl sites for hydroxylation is 1. The zero-order chi connectivity index (χ0) is 16.1. The van der Waals surface area contributed by atoms with Gasteiger partial charge in [-0.05, 0) is 81.7 Å². The van der Waals surface area contributed by atoms with Crippen molar-refractivity contribution in [3.05, 3.63) is 26.6 Å². The number of halogens is 2. The smallest absolute Gasteiger partial charge is 0.259 e. The number of hydrogen-bond acceptors (Lipinski definition) is 3. The highest BCUT2D eigenvalue weighted by Crippen LogP contribution is 2.32. The van der Waals surface area contributed by atoms with Gasteiger partial charge in [0.05, 0.1) is 12.2 Å². The standard InChI is InChI=1S/C16H21Br2N3O/c1-10-7-12(17)16(13(18)8-10)19-9-15(22)21-20-14-6-4-3-5-11(14)2/h7-8,11,19H,3-6,9H2,1-2H3,(H,21,22)/b20-14+. The molecule has 1 saturated carbocycles. The van der Waals surface area contributed by atoms with E-state index in [4.69, 9.17) is 0 Å². The van der Waals surface area contributed by atoms with Crippen molar-refractivity contribution in [2.24, 2.45) is 11.0 Å². The normalized spacial score (nSPS) is 20.0. The second kappa shape index (κ2) is 8.11. The van der Waals surface area contributed by atoms with Gasteiger partial charge in [-0.25, -0.2) is 5.43 Å². The van der Waals surface area contributed by atoms with Crippen molar-refractivity contribution in [1.29, 1.82) is 0 Å². The van der Waals surface area contributed by atoms with Gasteiger partial charge in [0, 0.05) is 14.7 Å². The quantitative estimate of drug-likeness (QED) is 0.685. The molecule has 120 valence electrons. The minimum Gasteiger partial charge on any atom is -0.374 e. The lowest BCUT2D eigenvalue weighted by Gasteiger charge is -2.19. The first-order chi connectivity index (χ1) is 10.5. The number of hydrogen-bond donors (Lipinski definition) is 2. The van der Waals surface area contributed by atoms with Gasteiger partial charge in [0.1, 0.15) is 0 Å². The van der Waals surface area contributed by atoms with Crippen LogP contribution in [0.1, 0.15) is 38.2 Å². The summed E-state index contributed by atoms with van der Waals surface area (Å²) in [7, 11) is 0. The number of hydrazone groups is 1. The molecule has 1 aromatic carbocycles. The van der Waals surface area contributed by atoms with Crippen LogP contribution in [0.4, 0.5) is 5.69 Å². The van der Waals surface area contributed by atoms with Crippen LogP contribution < -0.4 is 10.7 Å². The Balaban J connectivity index is 1.89. The summed E-state index contributed by atoms with van der Waals surface area (Å²) in [5.74, 6) is 0.340. The highest BCUT2D eigenvalue weighted by Gasteiger charge is 2.16. The van der Waals surface area contributed by atoms with E-state index >= 15 is 0 Å². The van der Waals surface area contributed by atoms with Crippen molar-refractivity contribution in [3.8, 4) is 0 Å². The van der Waals surface area contributed by atoms with Crippen LogP contribution in [0.5, 0.6) is 0 Å². The Labute approximate surface area is 148 Å². The van der Waals surface area contributed by atoms with E-state index in [-0.39, 0.29) is 12.5 Å². The van der Waals surface area contributed by atoms with Gasteiger partial charge in [-0.15, -0.1) is 0 Å². The van der Waals surface area contributed by atoms with Crippen LogP contribution in [-0.4, -0.2) is 18.2 Å². The maximum absolute atomic E-state index is 11.9.